The quantitative estimate of drug-likeness (QED) is 0.180. The van der Waals surface area contributed by atoms with E-state index in [0.29, 0.717) is 12.5 Å². The smallest absolute Gasteiger partial charge is 0.407 e. The van der Waals surface area contributed by atoms with Crippen molar-refractivity contribution in [2.24, 2.45) is 5.92 Å². The number of alkyl carbamates (subject to hydrolysis) is 2. The SMILES string of the molecule is COC(=O)N[C@@H](C)C(=O)N1CCC[C@H]1c1ncc(-c2ccc(-c3ccc(-c4cnc([C@H]5[C@H]6CC[C@@H](C6)N5C(=O)[C@@H](C)NC(=O)OC)[nH]4)cc3)cc2)[nH]1. The zero-order valence-electron chi connectivity index (χ0n) is 29.7. The summed E-state index contributed by atoms with van der Waals surface area (Å²) in [7, 11) is 2.56. The number of rotatable bonds is 9. The average Bonchev–Trinajstić information content (AvgIpc) is 4.02. The fraction of sp³-hybridized carbons (Fsp3) is 0.421. The Hall–Kier alpha value is -5.66. The number of piperidine rings is 1. The number of nitrogens with zero attached hydrogens (tertiary/aromatic N) is 4. The Balaban J connectivity index is 1.01. The van der Waals surface area contributed by atoms with Gasteiger partial charge in [0.2, 0.25) is 11.8 Å². The highest BCUT2D eigenvalue weighted by atomic mass is 16.5. The lowest BCUT2D eigenvalue weighted by Gasteiger charge is -2.36. The summed E-state index contributed by atoms with van der Waals surface area (Å²) in [6.45, 7) is 3.93. The molecule has 52 heavy (non-hydrogen) atoms. The maximum atomic E-state index is 13.4. The van der Waals surface area contributed by atoms with E-state index in [4.69, 9.17) is 9.72 Å². The van der Waals surface area contributed by atoms with Gasteiger partial charge in [-0.2, -0.15) is 0 Å². The fourth-order valence-corrected chi connectivity index (χ4v) is 8.01. The summed E-state index contributed by atoms with van der Waals surface area (Å²) in [5, 5.41) is 5.17. The first-order chi connectivity index (χ1) is 25.1. The molecule has 1 saturated carbocycles. The van der Waals surface area contributed by atoms with Gasteiger partial charge in [-0.15, -0.1) is 0 Å². The number of carbonyl (C=O) groups excluding carboxylic acids is 4. The van der Waals surface area contributed by atoms with E-state index >= 15 is 0 Å². The van der Waals surface area contributed by atoms with Crippen LogP contribution in [-0.4, -0.2) is 92.6 Å². The highest BCUT2D eigenvalue weighted by Crippen LogP contribution is 2.50. The third-order valence-corrected chi connectivity index (χ3v) is 10.7. The monoisotopic (exact) mass is 708 g/mol. The summed E-state index contributed by atoms with van der Waals surface area (Å²) in [6, 6.07) is 14.9. The van der Waals surface area contributed by atoms with Crippen LogP contribution in [0.4, 0.5) is 9.59 Å². The predicted octanol–water partition coefficient (Wildman–Crippen LogP) is 5.34. The van der Waals surface area contributed by atoms with Crippen LogP contribution in [0.5, 0.6) is 0 Å². The number of imidazole rings is 2. The average molecular weight is 709 g/mol. The van der Waals surface area contributed by atoms with Crippen LogP contribution in [0, 0.1) is 5.92 Å². The van der Waals surface area contributed by atoms with E-state index in [0.717, 1.165) is 77.4 Å². The molecule has 2 aliphatic heterocycles. The molecule has 2 aromatic heterocycles. The van der Waals surface area contributed by atoms with E-state index in [9.17, 15) is 19.2 Å². The second-order valence-electron chi connectivity index (χ2n) is 13.8. The van der Waals surface area contributed by atoms with Crippen LogP contribution >= 0.6 is 0 Å². The third kappa shape index (κ3) is 6.72. The number of methoxy groups -OCH3 is 2. The molecule has 6 atom stereocenters. The number of hydrogen-bond acceptors (Lipinski definition) is 8. The molecule has 0 unspecified atom stereocenters. The van der Waals surface area contributed by atoms with Crippen molar-refractivity contribution >= 4 is 24.0 Å². The van der Waals surface area contributed by atoms with Crippen LogP contribution in [0.15, 0.2) is 60.9 Å². The minimum atomic E-state index is -0.704. The largest absolute Gasteiger partial charge is 0.453 e. The Morgan fingerprint density at radius 1 is 0.731 bits per heavy atom. The van der Waals surface area contributed by atoms with Crippen molar-refractivity contribution in [2.75, 3.05) is 20.8 Å². The van der Waals surface area contributed by atoms with Gasteiger partial charge in [0.15, 0.2) is 0 Å². The number of H-pyrrole nitrogens is 2. The summed E-state index contributed by atoms with van der Waals surface area (Å²) in [5.74, 6) is 1.51. The van der Waals surface area contributed by atoms with Gasteiger partial charge >= 0.3 is 12.2 Å². The third-order valence-electron chi connectivity index (χ3n) is 10.7. The lowest BCUT2D eigenvalue weighted by atomic mass is 9.97. The van der Waals surface area contributed by atoms with Gasteiger partial charge in [0, 0.05) is 12.6 Å². The molecule has 4 N–H and O–H groups in total. The number of likely N-dealkylation sites (tertiary alicyclic amines) is 2. The van der Waals surface area contributed by atoms with E-state index in [1.807, 2.05) is 23.2 Å². The number of aromatic amines is 2. The van der Waals surface area contributed by atoms with Gasteiger partial charge in [0.05, 0.1) is 50.1 Å². The Morgan fingerprint density at radius 2 is 1.25 bits per heavy atom. The summed E-state index contributed by atoms with van der Waals surface area (Å²) >= 11 is 0. The first kappa shape index (κ1) is 34.8. The lowest BCUT2D eigenvalue weighted by Crippen LogP contribution is -2.50. The number of fused-ring (bicyclic) bond motifs is 2. The molecule has 14 heteroatoms. The highest BCUT2D eigenvalue weighted by Gasteiger charge is 2.50. The first-order valence-electron chi connectivity index (χ1n) is 17.8. The Labute approximate surface area is 301 Å². The molecular formula is C38H44N8O6. The number of benzene rings is 2. The maximum Gasteiger partial charge on any atom is 0.407 e. The lowest BCUT2D eigenvalue weighted by molar-refractivity contribution is -0.137. The van der Waals surface area contributed by atoms with Crippen molar-refractivity contribution in [3.63, 3.8) is 0 Å². The van der Waals surface area contributed by atoms with Crippen molar-refractivity contribution < 1.29 is 28.7 Å². The number of hydrogen-bond donors (Lipinski definition) is 4. The van der Waals surface area contributed by atoms with Crippen molar-refractivity contribution in [3.05, 3.63) is 72.6 Å². The highest BCUT2D eigenvalue weighted by molar-refractivity contribution is 5.87. The van der Waals surface area contributed by atoms with Crippen molar-refractivity contribution in [3.8, 4) is 33.6 Å². The zero-order chi connectivity index (χ0) is 36.5. The molecule has 3 fully saturated rings. The molecule has 4 heterocycles. The van der Waals surface area contributed by atoms with Crippen LogP contribution in [0.2, 0.25) is 0 Å². The first-order valence-corrected chi connectivity index (χ1v) is 17.8. The van der Waals surface area contributed by atoms with E-state index in [1.165, 1.54) is 14.2 Å². The van der Waals surface area contributed by atoms with Crippen LogP contribution in [0.1, 0.15) is 69.7 Å². The summed E-state index contributed by atoms with van der Waals surface area (Å²) < 4.78 is 9.34. The molecule has 2 bridgehead atoms. The molecule has 7 rings (SSSR count). The van der Waals surface area contributed by atoms with E-state index in [1.54, 1.807) is 24.9 Å². The van der Waals surface area contributed by atoms with Crippen LogP contribution < -0.4 is 10.6 Å². The van der Waals surface area contributed by atoms with Crippen molar-refractivity contribution in [2.45, 2.75) is 76.2 Å². The normalized spacial score (nSPS) is 21.8. The van der Waals surface area contributed by atoms with E-state index < -0.39 is 24.3 Å². The molecule has 2 aromatic carbocycles. The van der Waals surface area contributed by atoms with Crippen LogP contribution in [0.3, 0.4) is 0 Å². The summed E-state index contributed by atoms with van der Waals surface area (Å²) in [4.78, 5) is 69.9. The molecule has 4 amide bonds. The molecule has 1 aliphatic carbocycles. The molecule has 4 aromatic rings. The minimum absolute atomic E-state index is 0.127. The van der Waals surface area contributed by atoms with Crippen LogP contribution in [0.25, 0.3) is 33.6 Å². The van der Waals surface area contributed by atoms with Gasteiger partial charge in [0.1, 0.15) is 23.7 Å². The second-order valence-corrected chi connectivity index (χ2v) is 13.8. The standard InChI is InChI=1S/C38H44N8O6/c1-21(41-37(49)51-3)35(47)45-17-5-6-31(45)33-39-19-29(43-33)25-11-7-23(8-12-25)24-9-13-26(14-10-24)30-20-40-34(44-30)32-27-15-16-28(18-27)46(32)36(48)22(2)42-38(50)52-4/h7-14,19-22,27-28,31-32H,5-6,15-18H2,1-4H3,(H,39,43)(H,40,44)(H,41,49)(H,42,50)/t21-,22+,27-,28-,31-,32+/m0/s1. The molecular weight excluding hydrogens is 664 g/mol. The van der Waals surface area contributed by atoms with Gasteiger partial charge < -0.3 is 39.9 Å². The van der Waals surface area contributed by atoms with Gasteiger partial charge in [-0.25, -0.2) is 19.6 Å². The fourth-order valence-electron chi connectivity index (χ4n) is 8.01. The number of amides is 4. The Morgan fingerprint density at radius 3 is 1.83 bits per heavy atom. The number of carbonyl (C=O) groups is 4. The van der Waals surface area contributed by atoms with Crippen molar-refractivity contribution in [1.29, 1.82) is 0 Å². The van der Waals surface area contributed by atoms with E-state index in [-0.39, 0.29) is 29.9 Å². The predicted molar refractivity (Wildman–Crippen MR) is 191 cm³/mol. The summed E-state index contributed by atoms with van der Waals surface area (Å²) in [5.41, 5.74) is 5.82. The molecule has 2 saturated heterocycles. The van der Waals surface area contributed by atoms with E-state index in [2.05, 4.69) is 66.7 Å². The second kappa shape index (κ2) is 14.5. The van der Waals surface area contributed by atoms with Gasteiger partial charge in [-0.05, 0) is 74.1 Å². The van der Waals surface area contributed by atoms with Gasteiger partial charge in [0.25, 0.3) is 0 Å². The van der Waals surface area contributed by atoms with Gasteiger partial charge in [-0.1, -0.05) is 48.5 Å². The van der Waals surface area contributed by atoms with Gasteiger partial charge in [-0.3, -0.25) is 9.59 Å². The number of nitrogens with one attached hydrogen (secondary N) is 4. The Bertz CT molecular complexity index is 1940. The number of aromatic nitrogens is 4. The minimum Gasteiger partial charge on any atom is -0.453 e. The van der Waals surface area contributed by atoms with Crippen molar-refractivity contribution in [1.82, 2.24) is 40.4 Å². The molecule has 272 valence electrons. The topological polar surface area (TPSA) is 175 Å². The number of ether oxygens (including phenoxy) is 2. The Kier molecular flexibility index (Phi) is 9.71. The van der Waals surface area contributed by atoms with Crippen LogP contribution in [-0.2, 0) is 19.1 Å². The molecule has 3 aliphatic rings. The molecule has 14 nitrogen and oxygen atoms in total. The maximum absolute atomic E-state index is 13.4. The molecule has 0 radical (unpaired) electrons. The molecule has 0 spiro atoms. The zero-order valence-corrected chi connectivity index (χ0v) is 29.7. The summed E-state index contributed by atoms with van der Waals surface area (Å²) in [6.07, 6.45) is 6.92.